The van der Waals surface area contributed by atoms with E-state index in [1.54, 1.807) is 0 Å². The maximum Gasteiger partial charge on any atom is 0.0911 e. The van der Waals surface area contributed by atoms with Gasteiger partial charge in [-0.2, -0.15) is 0 Å². The van der Waals surface area contributed by atoms with Gasteiger partial charge in [-0.15, -0.1) is 0 Å². The number of hydrogen-bond acceptors (Lipinski definition) is 1. The fourth-order valence-corrected chi connectivity index (χ4v) is 3.28. The van der Waals surface area contributed by atoms with Gasteiger partial charge >= 0.3 is 0 Å². The molecule has 0 spiro atoms. The lowest BCUT2D eigenvalue weighted by Gasteiger charge is -2.33. The second kappa shape index (κ2) is 5.82. The van der Waals surface area contributed by atoms with Crippen molar-refractivity contribution in [2.75, 3.05) is 0 Å². The third-order valence-corrected chi connectivity index (χ3v) is 4.80. The molecule has 0 amide bonds. The first kappa shape index (κ1) is 14.6. The van der Waals surface area contributed by atoms with Crippen LogP contribution in [0.15, 0.2) is 48.5 Å². The summed E-state index contributed by atoms with van der Waals surface area (Å²) in [5, 5.41) is 11.8. The van der Waals surface area contributed by atoms with Crippen LogP contribution in [0.1, 0.15) is 48.8 Å². The van der Waals surface area contributed by atoms with E-state index in [-0.39, 0.29) is 0 Å². The number of hydrogen-bond donors (Lipinski definition) is 1. The monoisotopic (exact) mass is 300 g/mol. The maximum absolute atomic E-state index is 11.0. The predicted molar refractivity (Wildman–Crippen MR) is 87.8 cm³/mol. The molecule has 0 heterocycles. The zero-order valence-corrected chi connectivity index (χ0v) is 13.1. The molecule has 0 radical (unpaired) electrons. The van der Waals surface area contributed by atoms with Crippen LogP contribution in [0.4, 0.5) is 0 Å². The molecule has 0 aliphatic heterocycles. The first-order chi connectivity index (χ1) is 10.1. The molecular formula is C19H21ClO. The highest BCUT2D eigenvalue weighted by Gasteiger charge is 2.30. The van der Waals surface area contributed by atoms with Gasteiger partial charge in [0.05, 0.1) is 5.60 Å². The van der Waals surface area contributed by atoms with E-state index in [2.05, 4.69) is 18.2 Å². The third kappa shape index (κ3) is 3.14. The number of aliphatic hydroxyl groups is 1. The smallest absolute Gasteiger partial charge is 0.0911 e. The Labute approximate surface area is 131 Å². The van der Waals surface area contributed by atoms with Gasteiger partial charge in [-0.25, -0.2) is 0 Å². The second-order valence-electron chi connectivity index (χ2n) is 6.29. The molecule has 0 bridgehead atoms. The van der Waals surface area contributed by atoms with Crippen molar-refractivity contribution in [3.63, 3.8) is 0 Å². The fraction of sp³-hybridized carbons (Fsp3) is 0.368. The van der Waals surface area contributed by atoms with E-state index in [0.717, 1.165) is 16.1 Å². The SMILES string of the molecule is CC(O)(Cc1ccc(Cl)cc1)c1ccccc1C1CCC1. The van der Waals surface area contributed by atoms with Crippen molar-refractivity contribution in [1.82, 2.24) is 0 Å². The lowest BCUT2D eigenvalue weighted by Crippen LogP contribution is -2.27. The van der Waals surface area contributed by atoms with Gasteiger partial charge in [-0.1, -0.05) is 54.4 Å². The molecule has 2 heteroatoms. The maximum atomic E-state index is 11.0. The predicted octanol–water partition coefficient (Wildman–Crippen LogP) is 5.06. The zero-order valence-electron chi connectivity index (χ0n) is 12.3. The van der Waals surface area contributed by atoms with Crippen LogP contribution in [0.3, 0.4) is 0 Å². The second-order valence-corrected chi connectivity index (χ2v) is 6.73. The van der Waals surface area contributed by atoms with E-state index in [9.17, 15) is 5.11 Å². The Morgan fingerprint density at radius 1 is 1.10 bits per heavy atom. The van der Waals surface area contributed by atoms with Gasteiger partial charge in [0, 0.05) is 11.4 Å². The number of benzene rings is 2. The molecule has 21 heavy (non-hydrogen) atoms. The average Bonchev–Trinajstić information content (AvgIpc) is 2.40. The molecule has 3 rings (SSSR count). The molecule has 2 aromatic carbocycles. The Balaban J connectivity index is 1.88. The van der Waals surface area contributed by atoms with Crippen LogP contribution in [-0.4, -0.2) is 5.11 Å². The van der Waals surface area contributed by atoms with Crippen LogP contribution in [0.25, 0.3) is 0 Å². The molecule has 1 unspecified atom stereocenters. The van der Waals surface area contributed by atoms with Gasteiger partial charge in [0.2, 0.25) is 0 Å². The summed E-state index contributed by atoms with van der Waals surface area (Å²) in [6, 6.07) is 16.1. The van der Waals surface area contributed by atoms with E-state index in [4.69, 9.17) is 11.6 Å². The van der Waals surface area contributed by atoms with E-state index in [1.165, 1.54) is 24.8 Å². The molecule has 1 atom stereocenters. The summed E-state index contributed by atoms with van der Waals surface area (Å²) >= 11 is 5.93. The van der Waals surface area contributed by atoms with Gasteiger partial charge in [0.15, 0.2) is 0 Å². The van der Waals surface area contributed by atoms with Gasteiger partial charge in [-0.05, 0) is 54.5 Å². The highest BCUT2D eigenvalue weighted by atomic mass is 35.5. The van der Waals surface area contributed by atoms with Gasteiger partial charge < -0.3 is 5.11 Å². The average molecular weight is 301 g/mol. The normalized spacial score (nSPS) is 18.0. The van der Waals surface area contributed by atoms with Crippen LogP contribution in [0, 0.1) is 0 Å². The quantitative estimate of drug-likeness (QED) is 0.837. The fourth-order valence-electron chi connectivity index (χ4n) is 3.16. The Morgan fingerprint density at radius 3 is 2.38 bits per heavy atom. The minimum atomic E-state index is -0.847. The van der Waals surface area contributed by atoms with Crippen LogP contribution >= 0.6 is 11.6 Å². The summed E-state index contributed by atoms with van der Waals surface area (Å²) in [5.41, 5.74) is 2.65. The highest BCUT2D eigenvalue weighted by Crippen LogP contribution is 2.41. The summed E-state index contributed by atoms with van der Waals surface area (Å²) in [5.74, 6) is 0.623. The van der Waals surface area contributed by atoms with Crippen LogP contribution in [0.5, 0.6) is 0 Å². The first-order valence-electron chi connectivity index (χ1n) is 7.62. The minimum Gasteiger partial charge on any atom is -0.385 e. The summed E-state index contributed by atoms with van der Waals surface area (Å²) in [6.45, 7) is 1.92. The van der Waals surface area contributed by atoms with E-state index in [1.807, 2.05) is 37.3 Å². The molecule has 0 aromatic heterocycles. The molecule has 1 aliphatic carbocycles. The largest absolute Gasteiger partial charge is 0.385 e. The van der Waals surface area contributed by atoms with Crippen molar-refractivity contribution in [3.8, 4) is 0 Å². The van der Waals surface area contributed by atoms with Crippen molar-refractivity contribution in [1.29, 1.82) is 0 Å². The lowest BCUT2D eigenvalue weighted by molar-refractivity contribution is 0.0558. The van der Waals surface area contributed by atoms with E-state index >= 15 is 0 Å². The highest BCUT2D eigenvalue weighted by molar-refractivity contribution is 6.30. The van der Waals surface area contributed by atoms with E-state index < -0.39 is 5.60 Å². The van der Waals surface area contributed by atoms with Crippen LogP contribution in [0.2, 0.25) is 5.02 Å². The van der Waals surface area contributed by atoms with Crippen molar-refractivity contribution in [2.24, 2.45) is 0 Å². The lowest BCUT2D eigenvalue weighted by atomic mass is 9.74. The van der Waals surface area contributed by atoms with Gasteiger partial charge in [0.1, 0.15) is 0 Å². The molecule has 1 saturated carbocycles. The van der Waals surface area contributed by atoms with Gasteiger partial charge in [0.25, 0.3) is 0 Å². The van der Waals surface area contributed by atoms with Crippen LogP contribution in [-0.2, 0) is 12.0 Å². The first-order valence-corrected chi connectivity index (χ1v) is 8.00. The molecular weight excluding hydrogens is 280 g/mol. The minimum absolute atomic E-state index is 0.605. The van der Waals surface area contributed by atoms with Crippen molar-refractivity contribution in [3.05, 3.63) is 70.2 Å². The Kier molecular flexibility index (Phi) is 4.05. The molecule has 1 aliphatic rings. The van der Waals surface area contributed by atoms with Crippen LogP contribution < -0.4 is 0 Å². The summed E-state index contributed by atoms with van der Waals surface area (Å²) in [4.78, 5) is 0. The van der Waals surface area contributed by atoms with E-state index in [0.29, 0.717) is 12.3 Å². The zero-order chi connectivity index (χ0) is 14.9. The molecule has 1 fully saturated rings. The molecule has 1 nitrogen and oxygen atoms in total. The molecule has 0 saturated heterocycles. The summed E-state index contributed by atoms with van der Waals surface area (Å²) in [7, 11) is 0. The molecule has 110 valence electrons. The van der Waals surface area contributed by atoms with Gasteiger partial charge in [-0.3, -0.25) is 0 Å². The molecule has 2 aromatic rings. The Bertz CT molecular complexity index is 612. The standard InChI is InChI=1S/C19H21ClO/c1-19(21,13-14-9-11-16(20)12-10-14)18-8-3-2-7-17(18)15-5-4-6-15/h2-3,7-12,15,21H,4-6,13H2,1H3. The summed E-state index contributed by atoms with van der Waals surface area (Å²) in [6.07, 6.45) is 4.40. The van der Waals surface area contributed by atoms with Crippen molar-refractivity contribution < 1.29 is 5.11 Å². The number of halogens is 1. The Morgan fingerprint density at radius 2 is 1.76 bits per heavy atom. The summed E-state index contributed by atoms with van der Waals surface area (Å²) < 4.78 is 0. The number of rotatable bonds is 4. The van der Waals surface area contributed by atoms with Crippen molar-refractivity contribution >= 4 is 11.6 Å². The topological polar surface area (TPSA) is 20.2 Å². The van der Waals surface area contributed by atoms with Crippen molar-refractivity contribution in [2.45, 2.75) is 44.1 Å². The molecule has 1 N–H and O–H groups in total. The third-order valence-electron chi connectivity index (χ3n) is 4.55. The Hall–Kier alpha value is -1.31.